The van der Waals surface area contributed by atoms with Gasteiger partial charge in [0.05, 0.1) is 32.9 Å². The molecule has 1 aliphatic heterocycles. The van der Waals surface area contributed by atoms with Gasteiger partial charge in [-0.1, -0.05) is 29.8 Å². The van der Waals surface area contributed by atoms with E-state index in [0.29, 0.717) is 34.1 Å². The molecular formula is C28H27NO6. The average Bonchev–Trinajstić information content (AvgIpc) is 3.13. The van der Waals surface area contributed by atoms with Crippen LogP contribution in [-0.2, 0) is 9.59 Å². The Morgan fingerprint density at radius 2 is 1.51 bits per heavy atom. The van der Waals surface area contributed by atoms with E-state index in [1.165, 1.54) is 19.1 Å². The Kier molecular flexibility index (Phi) is 6.51. The molecule has 0 aromatic heterocycles. The summed E-state index contributed by atoms with van der Waals surface area (Å²) in [6.45, 7) is 3.85. The Hall–Kier alpha value is -4.26. The number of hydrogen-bond acceptors (Lipinski definition) is 6. The highest BCUT2D eigenvalue weighted by atomic mass is 16.5. The van der Waals surface area contributed by atoms with Gasteiger partial charge in [0, 0.05) is 11.3 Å². The second-order valence-corrected chi connectivity index (χ2v) is 8.30. The molecule has 3 aromatic carbocycles. The Labute approximate surface area is 204 Å². The quantitative estimate of drug-likeness (QED) is 0.310. The van der Waals surface area contributed by atoms with E-state index in [1.54, 1.807) is 49.6 Å². The zero-order valence-corrected chi connectivity index (χ0v) is 20.3. The van der Waals surface area contributed by atoms with Gasteiger partial charge in [0.1, 0.15) is 11.5 Å². The number of Topliss-reactive ketones (excluding diaryl/α,β-unsaturated/α-hetero) is 1. The second kappa shape index (κ2) is 9.54. The van der Waals surface area contributed by atoms with Gasteiger partial charge in [-0.3, -0.25) is 14.5 Å². The van der Waals surface area contributed by atoms with E-state index >= 15 is 0 Å². The molecule has 4 rings (SSSR count). The maximum atomic E-state index is 13.4. The van der Waals surface area contributed by atoms with Gasteiger partial charge in [-0.15, -0.1) is 0 Å². The number of nitrogens with zero attached hydrogens (tertiary/aromatic N) is 1. The van der Waals surface area contributed by atoms with Gasteiger partial charge in [0.15, 0.2) is 11.5 Å². The van der Waals surface area contributed by atoms with Gasteiger partial charge in [-0.25, -0.2) is 0 Å². The van der Waals surface area contributed by atoms with Gasteiger partial charge in [-0.2, -0.15) is 0 Å². The van der Waals surface area contributed by atoms with Crippen LogP contribution in [0.15, 0.2) is 66.2 Å². The van der Waals surface area contributed by atoms with Crippen molar-refractivity contribution in [2.45, 2.75) is 19.9 Å². The summed E-state index contributed by atoms with van der Waals surface area (Å²) in [7, 11) is 4.56. The summed E-state index contributed by atoms with van der Waals surface area (Å²) in [6.07, 6.45) is 0. The lowest BCUT2D eigenvalue weighted by Crippen LogP contribution is -2.30. The number of aryl methyl sites for hydroxylation is 2. The highest BCUT2D eigenvalue weighted by Crippen LogP contribution is 2.44. The minimum atomic E-state index is -0.838. The lowest BCUT2D eigenvalue weighted by Gasteiger charge is -2.27. The smallest absolute Gasteiger partial charge is 0.300 e. The molecule has 180 valence electrons. The Morgan fingerprint density at radius 3 is 2.11 bits per heavy atom. The molecule has 7 heteroatoms. The average molecular weight is 474 g/mol. The number of aliphatic hydroxyl groups is 1. The summed E-state index contributed by atoms with van der Waals surface area (Å²) >= 11 is 0. The molecule has 0 radical (unpaired) electrons. The van der Waals surface area contributed by atoms with Crippen LogP contribution in [0.25, 0.3) is 5.76 Å². The first-order valence-electron chi connectivity index (χ1n) is 11.0. The molecule has 1 saturated heterocycles. The van der Waals surface area contributed by atoms with Crippen molar-refractivity contribution in [1.29, 1.82) is 0 Å². The minimum absolute atomic E-state index is 0.00707. The third-order valence-corrected chi connectivity index (χ3v) is 6.14. The zero-order valence-electron chi connectivity index (χ0n) is 20.3. The van der Waals surface area contributed by atoms with Crippen molar-refractivity contribution in [3.8, 4) is 17.2 Å². The molecule has 1 N–H and O–H groups in total. The van der Waals surface area contributed by atoms with Crippen LogP contribution in [0.5, 0.6) is 17.2 Å². The van der Waals surface area contributed by atoms with Crippen molar-refractivity contribution in [1.82, 2.24) is 0 Å². The molecule has 0 bridgehead atoms. The topological polar surface area (TPSA) is 85.3 Å². The minimum Gasteiger partial charge on any atom is -0.507 e. The number of carbonyl (C=O) groups is 2. The fraction of sp³-hybridized carbons (Fsp3) is 0.214. The van der Waals surface area contributed by atoms with Gasteiger partial charge in [0.25, 0.3) is 11.7 Å². The molecule has 1 fully saturated rings. The van der Waals surface area contributed by atoms with Gasteiger partial charge in [0.2, 0.25) is 0 Å². The first-order chi connectivity index (χ1) is 16.8. The zero-order chi connectivity index (χ0) is 25.3. The van der Waals surface area contributed by atoms with E-state index < -0.39 is 17.7 Å². The molecule has 0 aliphatic carbocycles. The summed E-state index contributed by atoms with van der Waals surface area (Å²) < 4.78 is 15.9. The number of amides is 1. The number of hydrogen-bond donors (Lipinski definition) is 1. The van der Waals surface area contributed by atoms with E-state index in [-0.39, 0.29) is 11.3 Å². The molecule has 1 atom stereocenters. The molecule has 1 amide bonds. The third-order valence-electron chi connectivity index (χ3n) is 6.14. The fourth-order valence-electron chi connectivity index (χ4n) is 4.40. The summed E-state index contributed by atoms with van der Waals surface area (Å²) in [5.74, 6) is -0.264. The summed E-state index contributed by atoms with van der Waals surface area (Å²) in [4.78, 5) is 28.2. The number of benzene rings is 3. The first kappa shape index (κ1) is 23.9. The van der Waals surface area contributed by atoms with E-state index in [1.807, 2.05) is 32.0 Å². The lowest BCUT2D eigenvalue weighted by atomic mass is 9.94. The van der Waals surface area contributed by atoms with Crippen molar-refractivity contribution >= 4 is 23.1 Å². The number of ether oxygens (including phenoxy) is 3. The number of ketones is 1. The normalized spacial score (nSPS) is 16.9. The van der Waals surface area contributed by atoms with E-state index in [9.17, 15) is 14.7 Å². The molecule has 0 saturated carbocycles. The Morgan fingerprint density at radius 1 is 0.829 bits per heavy atom. The number of rotatable bonds is 6. The molecule has 1 aliphatic rings. The molecule has 7 nitrogen and oxygen atoms in total. The van der Waals surface area contributed by atoms with Crippen molar-refractivity contribution in [3.63, 3.8) is 0 Å². The summed E-state index contributed by atoms with van der Waals surface area (Å²) in [5.41, 5.74) is 3.47. The van der Waals surface area contributed by atoms with Crippen molar-refractivity contribution in [3.05, 3.63) is 88.5 Å². The maximum Gasteiger partial charge on any atom is 0.300 e. The van der Waals surface area contributed by atoms with Crippen LogP contribution in [0.2, 0.25) is 0 Å². The summed E-state index contributed by atoms with van der Waals surface area (Å²) in [5, 5.41) is 11.4. The van der Waals surface area contributed by atoms with Crippen LogP contribution < -0.4 is 19.1 Å². The monoisotopic (exact) mass is 473 g/mol. The number of anilines is 1. The largest absolute Gasteiger partial charge is 0.507 e. The van der Waals surface area contributed by atoms with Gasteiger partial charge < -0.3 is 19.3 Å². The van der Waals surface area contributed by atoms with Crippen molar-refractivity contribution in [2.24, 2.45) is 0 Å². The second-order valence-electron chi connectivity index (χ2n) is 8.30. The number of aliphatic hydroxyl groups excluding tert-OH is 1. The third kappa shape index (κ3) is 4.21. The van der Waals surface area contributed by atoms with Crippen LogP contribution in [0.4, 0.5) is 5.69 Å². The molecule has 35 heavy (non-hydrogen) atoms. The molecule has 0 spiro atoms. The van der Waals surface area contributed by atoms with E-state index in [2.05, 4.69) is 0 Å². The van der Waals surface area contributed by atoms with Crippen LogP contribution in [0.1, 0.15) is 28.3 Å². The van der Waals surface area contributed by atoms with E-state index in [0.717, 1.165) is 11.1 Å². The van der Waals surface area contributed by atoms with Gasteiger partial charge >= 0.3 is 0 Å². The fourth-order valence-corrected chi connectivity index (χ4v) is 4.40. The van der Waals surface area contributed by atoms with Crippen LogP contribution in [-0.4, -0.2) is 38.1 Å². The van der Waals surface area contributed by atoms with Crippen molar-refractivity contribution < 1.29 is 28.9 Å². The van der Waals surface area contributed by atoms with Crippen LogP contribution >= 0.6 is 0 Å². The standard InChI is InChI=1S/C28H27NO6/c1-16-6-12-21(17(2)14-16)29-25(18-7-10-20(33-3)11-8-18)24(27(31)28(29)32)26(30)19-9-13-22(34-4)23(15-19)35-5/h6-15,25,30H,1-5H3/b26-24+. The SMILES string of the molecule is COc1ccc(C2/C(=C(\O)c3ccc(OC)c(OC)c3)C(=O)C(=O)N2c2ccc(C)cc2C)cc1. The first-order valence-corrected chi connectivity index (χ1v) is 11.0. The lowest BCUT2D eigenvalue weighted by molar-refractivity contribution is -0.132. The highest BCUT2D eigenvalue weighted by molar-refractivity contribution is 6.51. The number of carbonyl (C=O) groups excluding carboxylic acids is 2. The molecule has 1 heterocycles. The van der Waals surface area contributed by atoms with Gasteiger partial charge in [-0.05, 0) is 61.4 Å². The predicted molar refractivity (Wildman–Crippen MR) is 133 cm³/mol. The van der Waals surface area contributed by atoms with E-state index in [4.69, 9.17) is 14.2 Å². The summed E-state index contributed by atoms with van der Waals surface area (Å²) in [6, 6.07) is 16.7. The molecule has 3 aromatic rings. The molecular weight excluding hydrogens is 446 g/mol. The predicted octanol–water partition coefficient (Wildman–Crippen LogP) is 4.96. The van der Waals surface area contributed by atoms with Crippen LogP contribution in [0, 0.1) is 13.8 Å². The number of methoxy groups -OCH3 is 3. The Balaban J connectivity index is 1.95. The highest BCUT2D eigenvalue weighted by Gasteiger charge is 2.47. The molecule has 1 unspecified atom stereocenters. The van der Waals surface area contributed by atoms with Crippen LogP contribution in [0.3, 0.4) is 0 Å². The van der Waals surface area contributed by atoms with Crippen molar-refractivity contribution in [2.75, 3.05) is 26.2 Å². The Bertz CT molecular complexity index is 1330. The maximum absolute atomic E-state index is 13.4.